The first-order valence-corrected chi connectivity index (χ1v) is 5.02. The number of rotatable bonds is 3. The Bertz CT molecular complexity index is 562. The number of hydrogen-bond donors (Lipinski definition) is 2. The Hall–Kier alpha value is -2.37. The number of carboxylic acid groups (broad SMARTS) is 1. The molecule has 0 bridgehead atoms. The molecule has 88 valence electrons. The molecule has 0 radical (unpaired) electrons. The Morgan fingerprint density at radius 3 is 2.82 bits per heavy atom. The van der Waals surface area contributed by atoms with E-state index in [1.165, 1.54) is 6.20 Å². The molecule has 2 N–H and O–H groups in total. The van der Waals surface area contributed by atoms with Gasteiger partial charge < -0.3 is 10.4 Å². The van der Waals surface area contributed by atoms with Crippen LogP contribution in [0.1, 0.15) is 16.1 Å². The van der Waals surface area contributed by atoms with E-state index < -0.39 is 5.97 Å². The van der Waals surface area contributed by atoms with E-state index in [0.29, 0.717) is 5.69 Å². The van der Waals surface area contributed by atoms with Crippen LogP contribution in [0.2, 0.25) is 0 Å². The van der Waals surface area contributed by atoms with E-state index in [9.17, 15) is 4.79 Å². The third kappa shape index (κ3) is 2.41. The summed E-state index contributed by atoms with van der Waals surface area (Å²) >= 11 is 0. The molecule has 0 amide bonds. The molecule has 0 fully saturated rings. The topological polar surface area (TPSA) is 80.0 Å². The lowest BCUT2D eigenvalue weighted by Crippen LogP contribution is -2.04. The number of pyridine rings is 1. The molecule has 2 heterocycles. The molecule has 2 rings (SSSR count). The van der Waals surface area contributed by atoms with Crippen molar-refractivity contribution in [2.45, 2.75) is 6.92 Å². The summed E-state index contributed by atoms with van der Waals surface area (Å²) in [7, 11) is 1.79. The first kappa shape index (κ1) is 11.1. The molecule has 0 aromatic carbocycles. The second-order valence-electron chi connectivity index (χ2n) is 3.70. The lowest BCUT2D eigenvalue weighted by Gasteiger charge is -2.07. The first-order chi connectivity index (χ1) is 8.06. The molecule has 0 saturated carbocycles. The molecule has 2 aromatic heterocycles. The molecule has 0 spiro atoms. The fourth-order valence-electron chi connectivity index (χ4n) is 1.47. The van der Waals surface area contributed by atoms with Crippen LogP contribution < -0.4 is 5.32 Å². The Labute approximate surface area is 97.9 Å². The third-order valence-electron chi connectivity index (χ3n) is 2.25. The van der Waals surface area contributed by atoms with Crippen LogP contribution in [0.5, 0.6) is 0 Å². The average Bonchev–Trinajstić information content (AvgIpc) is 2.63. The highest BCUT2D eigenvalue weighted by atomic mass is 16.4. The summed E-state index contributed by atoms with van der Waals surface area (Å²) in [6, 6.07) is 1.69. The van der Waals surface area contributed by atoms with Gasteiger partial charge in [-0.1, -0.05) is 0 Å². The number of nitrogens with zero attached hydrogens (tertiary/aromatic N) is 3. The van der Waals surface area contributed by atoms with Crippen LogP contribution in [0.4, 0.5) is 11.4 Å². The predicted molar refractivity (Wildman–Crippen MR) is 62.4 cm³/mol. The first-order valence-electron chi connectivity index (χ1n) is 5.02. The van der Waals surface area contributed by atoms with Crippen LogP contribution in [-0.4, -0.2) is 25.8 Å². The molecule has 2 aromatic rings. The highest BCUT2D eigenvalue weighted by molar-refractivity contribution is 5.94. The number of anilines is 2. The van der Waals surface area contributed by atoms with Crippen LogP contribution in [-0.2, 0) is 7.05 Å². The third-order valence-corrected chi connectivity index (χ3v) is 2.25. The number of nitrogens with one attached hydrogen (secondary N) is 1. The van der Waals surface area contributed by atoms with Crippen molar-refractivity contribution in [2.24, 2.45) is 7.05 Å². The Kier molecular flexibility index (Phi) is 2.78. The largest absolute Gasteiger partial charge is 0.478 e. The second kappa shape index (κ2) is 4.25. The normalized spacial score (nSPS) is 10.2. The zero-order valence-electron chi connectivity index (χ0n) is 9.51. The molecule has 0 aliphatic carbocycles. The van der Waals surface area contributed by atoms with Crippen LogP contribution >= 0.6 is 0 Å². The number of aryl methyl sites for hydroxylation is 2. The fourth-order valence-corrected chi connectivity index (χ4v) is 1.47. The fraction of sp³-hybridized carbons (Fsp3) is 0.182. The molecule has 6 nitrogen and oxygen atoms in total. The number of hydrogen-bond acceptors (Lipinski definition) is 4. The molecular weight excluding hydrogens is 220 g/mol. The minimum absolute atomic E-state index is 0.138. The van der Waals surface area contributed by atoms with Crippen LogP contribution in [0.25, 0.3) is 0 Å². The molecule has 0 aliphatic heterocycles. The zero-order valence-corrected chi connectivity index (χ0v) is 9.51. The van der Waals surface area contributed by atoms with Crippen LogP contribution in [0, 0.1) is 6.92 Å². The summed E-state index contributed by atoms with van der Waals surface area (Å²) in [5.74, 6) is -1.01. The zero-order chi connectivity index (χ0) is 12.4. The summed E-state index contributed by atoms with van der Waals surface area (Å²) in [5.41, 5.74) is 2.14. The van der Waals surface area contributed by atoms with E-state index in [4.69, 9.17) is 5.11 Å². The van der Waals surface area contributed by atoms with Gasteiger partial charge in [0.1, 0.15) is 5.56 Å². The summed E-state index contributed by atoms with van der Waals surface area (Å²) in [6.07, 6.45) is 4.74. The van der Waals surface area contributed by atoms with Crippen molar-refractivity contribution in [3.05, 3.63) is 35.9 Å². The Morgan fingerprint density at radius 1 is 1.47 bits per heavy atom. The van der Waals surface area contributed by atoms with Gasteiger partial charge in [-0.25, -0.2) is 4.79 Å². The average molecular weight is 232 g/mol. The van der Waals surface area contributed by atoms with Crippen molar-refractivity contribution in [1.82, 2.24) is 14.8 Å². The molecule has 0 saturated heterocycles. The molecule has 0 aliphatic rings. The summed E-state index contributed by atoms with van der Waals surface area (Å²) in [5, 5.41) is 16.1. The van der Waals surface area contributed by atoms with Gasteiger partial charge in [0.15, 0.2) is 0 Å². The number of carboxylic acids is 1. The van der Waals surface area contributed by atoms with Crippen molar-refractivity contribution in [2.75, 3.05) is 5.32 Å². The van der Waals surface area contributed by atoms with Gasteiger partial charge in [0.2, 0.25) is 0 Å². The van der Waals surface area contributed by atoms with Gasteiger partial charge in [-0.05, 0) is 13.0 Å². The summed E-state index contributed by atoms with van der Waals surface area (Å²) < 4.78 is 1.64. The van der Waals surface area contributed by atoms with Gasteiger partial charge in [0, 0.05) is 25.1 Å². The minimum Gasteiger partial charge on any atom is -0.478 e. The molecular formula is C11H12N4O2. The Morgan fingerprint density at radius 2 is 2.24 bits per heavy atom. The van der Waals surface area contributed by atoms with E-state index in [2.05, 4.69) is 15.4 Å². The molecule has 0 unspecified atom stereocenters. The number of aromatic nitrogens is 3. The quantitative estimate of drug-likeness (QED) is 0.839. The second-order valence-corrected chi connectivity index (χ2v) is 3.70. The van der Waals surface area contributed by atoms with E-state index in [1.54, 1.807) is 37.1 Å². The van der Waals surface area contributed by atoms with E-state index >= 15 is 0 Å². The smallest absolute Gasteiger partial charge is 0.339 e. The monoisotopic (exact) mass is 232 g/mol. The summed E-state index contributed by atoms with van der Waals surface area (Å²) in [4.78, 5) is 15.0. The van der Waals surface area contributed by atoms with Gasteiger partial charge in [-0.2, -0.15) is 5.10 Å². The van der Waals surface area contributed by atoms with Crippen molar-refractivity contribution in [1.29, 1.82) is 0 Å². The number of carbonyl (C=O) groups is 1. The number of aromatic carboxylic acids is 1. The van der Waals surface area contributed by atoms with Gasteiger partial charge in [-0.3, -0.25) is 9.67 Å². The summed E-state index contributed by atoms with van der Waals surface area (Å²) in [6.45, 7) is 1.81. The van der Waals surface area contributed by atoms with Gasteiger partial charge in [0.05, 0.1) is 17.6 Å². The maximum absolute atomic E-state index is 11.0. The molecule has 0 atom stereocenters. The van der Waals surface area contributed by atoms with E-state index in [-0.39, 0.29) is 5.56 Å². The van der Waals surface area contributed by atoms with Gasteiger partial charge >= 0.3 is 5.97 Å². The van der Waals surface area contributed by atoms with Crippen molar-refractivity contribution < 1.29 is 9.90 Å². The highest BCUT2D eigenvalue weighted by Crippen LogP contribution is 2.20. The lowest BCUT2D eigenvalue weighted by molar-refractivity contribution is 0.0697. The maximum Gasteiger partial charge on any atom is 0.339 e. The molecule has 6 heteroatoms. The Balaban J connectivity index is 2.37. The van der Waals surface area contributed by atoms with Crippen molar-refractivity contribution >= 4 is 17.3 Å². The van der Waals surface area contributed by atoms with E-state index in [1.807, 2.05) is 0 Å². The van der Waals surface area contributed by atoms with Crippen molar-refractivity contribution in [3.63, 3.8) is 0 Å². The predicted octanol–water partition coefficient (Wildman–Crippen LogP) is 1.57. The lowest BCUT2D eigenvalue weighted by atomic mass is 10.2. The SMILES string of the molecule is Cc1cc(Nc2cnn(C)c2)c(C(=O)O)cn1. The molecule has 17 heavy (non-hydrogen) atoms. The van der Waals surface area contributed by atoms with Crippen LogP contribution in [0.15, 0.2) is 24.7 Å². The highest BCUT2D eigenvalue weighted by Gasteiger charge is 2.11. The van der Waals surface area contributed by atoms with Crippen LogP contribution in [0.3, 0.4) is 0 Å². The minimum atomic E-state index is -1.01. The van der Waals surface area contributed by atoms with E-state index in [0.717, 1.165) is 11.4 Å². The standard InChI is InChI=1S/C11H12N4O2/c1-7-3-10(9(5-12-7)11(16)17)14-8-4-13-15(2)6-8/h3-6H,1-2H3,(H,12,14)(H,16,17). The van der Waals surface area contributed by atoms with Crippen molar-refractivity contribution in [3.8, 4) is 0 Å². The van der Waals surface area contributed by atoms with Gasteiger partial charge in [-0.15, -0.1) is 0 Å². The van der Waals surface area contributed by atoms with Gasteiger partial charge in [0.25, 0.3) is 0 Å². The maximum atomic E-state index is 11.0.